The number of unbranched alkanes of at least 4 members (excludes halogenated alkanes) is 2. The van der Waals surface area contributed by atoms with Gasteiger partial charge in [0.25, 0.3) is 0 Å². The average Bonchev–Trinajstić information content (AvgIpc) is 3.32. The Hall–Kier alpha value is -3.99. The lowest BCUT2D eigenvalue weighted by molar-refractivity contribution is -0.145. The fraction of sp³-hybridized carbons (Fsp3) is 0.324. The molecule has 1 N–H and O–H groups in total. The van der Waals surface area contributed by atoms with E-state index in [0.717, 1.165) is 42.0 Å². The minimum Gasteiger partial charge on any atom is -0.494 e. The molecule has 0 bridgehead atoms. The summed E-state index contributed by atoms with van der Waals surface area (Å²) in [6, 6.07) is 29.9. The third-order valence-electron chi connectivity index (χ3n) is 6.95. The largest absolute Gasteiger partial charge is 0.494 e. The van der Waals surface area contributed by atoms with Gasteiger partial charge in [0, 0.05) is 24.4 Å². The number of aryl methyl sites for hydroxylation is 2. The van der Waals surface area contributed by atoms with Crippen LogP contribution in [0.25, 0.3) is 11.3 Å². The maximum absolute atomic E-state index is 11.8. The first-order chi connectivity index (χ1) is 19.0. The van der Waals surface area contributed by atoms with Gasteiger partial charge in [-0.05, 0) is 91.4 Å². The molecule has 0 aliphatic rings. The highest BCUT2D eigenvalue weighted by Gasteiger charge is 2.20. The Morgan fingerprint density at radius 3 is 2.23 bits per heavy atom. The van der Waals surface area contributed by atoms with Gasteiger partial charge in [0.15, 0.2) is 6.10 Å². The number of carboxylic acid groups (broad SMARTS) is 1. The monoisotopic (exact) mass is 525 g/mol. The Morgan fingerprint density at radius 2 is 1.54 bits per heavy atom. The Morgan fingerprint density at radius 1 is 0.821 bits per heavy atom. The van der Waals surface area contributed by atoms with Crippen LogP contribution in [0.2, 0.25) is 0 Å². The van der Waals surface area contributed by atoms with E-state index in [9.17, 15) is 9.90 Å². The number of benzene rings is 3. The number of hydrogen-bond donors (Lipinski definition) is 1. The Bertz CT molecular complexity index is 1290. The molecule has 0 radical (unpaired) electrons. The SMILES string of the molecule is CCCCCc1ccc(OCCCn2c(C)ccc2-c2ccc(O[C@H](Cc3ccccc3)C(=O)O)cc2)cc1. The molecule has 0 spiro atoms. The summed E-state index contributed by atoms with van der Waals surface area (Å²) >= 11 is 0. The van der Waals surface area contributed by atoms with Crippen molar-refractivity contribution in [2.24, 2.45) is 0 Å². The van der Waals surface area contributed by atoms with Crippen molar-refractivity contribution in [3.8, 4) is 22.8 Å². The number of nitrogens with zero attached hydrogens (tertiary/aromatic N) is 1. The number of carbonyl (C=O) groups is 1. The van der Waals surface area contributed by atoms with E-state index in [1.807, 2.05) is 54.6 Å². The molecule has 0 amide bonds. The van der Waals surface area contributed by atoms with Crippen LogP contribution in [0.4, 0.5) is 0 Å². The summed E-state index contributed by atoms with van der Waals surface area (Å²) in [5.74, 6) is 0.487. The van der Waals surface area contributed by atoms with Crippen molar-refractivity contribution >= 4 is 5.97 Å². The minimum absolute atomic E-state index is 0.311. The highest BCUT2D eigenvalue weighted by atomic mass is 16.5. The van der Waals surface area contributed by atoms with E-state index in [2.05, 4.69) is 54.8 Å². The van der Waals surface area contributed by atoms with E-state index in [0.29, 0.717) is 18.8 Å². The molecule has 5 nitrogen and oxygen atoms in total. The number of aliphatic carboxylic acids is 1. The average molecular weight is 526 g/mol. The predicted octanol–water partition coefficient (Wildman–Crippen LogP) is 7.74. The first-order valence-electron chi connectivity index (χ1n) is 13.9. The smallest absolute Gasteiger partial charge is 0.345 e. The Labute approximate surface area is 232 Å². The second kappa shape index (κ2) is 14.2. The second-order valence-corrected chi connectivity index (χ2v) is 9.97. The Kier molecular flexibility index (Phi) is 10.2. The van der Waals surface area contributed by atoms with Gasteiger partial charge >= 0.3 is 5.97 Å². The van der Waals surface area contributed by atoms with Crippen LogP contribution < -0.4 is 9.47 Å². The molecule has 1 aromatic heterocycles. The van der Waals surface area contributed by atoms with Crippen molar-refractivity contribution in [1.82, 2.24) is 4.57 Å². The van der Waals surface area contributed by atoms with Gasteiger partial charge < -0.3 is 19.1 Å². The maximum Gasteiger partial charge on any atom is 0.345 e. The zero-order valence-electron chi connectivity index (χ0n) is 23.0. The van der Waals surface area contributed by atoms with Gasteiger partial charge in [-0.3, -0.25) is 0 Å². The van der Waals surface area contributed by atoms with E-state index >= 15 is 0 Å². The van der Waals surface area contributed by atoms with Gasteiger partial charge in [-0.15, -0.1) is 0 Å². The number of ether oxygens (including phenoxy) is 2. The number of carboxylic acids is 1. The lowest BCUT2D eigenvalue weighted by Gasteiger charge is -2.16. The summed E-state index contributed by atoms with van der Waals surface area (Å²) in [7, 11) is 0. The number of aromatic nitrogens is 1. The van der Waals surface area contributed by atoms with Gasteiger partial charge in [-0.2, -0.15) is 0 Å². The van der Waals surface area contributed by atoms with Crippen LogP contribution in [0, 0.1) is 6.92 Å². The standard InChI is InChI=1S/C34H39NO4/c1-3-4-6-10-27-14-18-30(19-15-27)38-24-9-23-35-26(2)13-22-32(35)29-16-20-31(21-17-29)39-33(34(36)37)25-28-11-7-5-8-12-28/h5,7-8,11-22,33H,3-4,6,9-10,23-25H2,1-2H3,(H,36,37)/t33-/m1/s1. The number of rotatable bonds is 15. The van der Waals surface area contributed by atoms with Crippen LogP contribution in [-0.2, 0) is 24.2 Å². The number of hydrogen-bond acceptors (Lipinski definition) is 3. The molecule has 0 fully saturated rings. The summed E-state index contributed by atoms with van der Waals surface area (Å²) in [4.78, 5) is 11.8. The molecule has 0 unspecified atom stereocenters. The van der Waals surface area contributed by atoms with E-state index in [1.54, 1.807) is 0 Å². The van der Waals surface area contributed by atoms with E-state index in [-0.39, 0.29) is 0 Å². The Balaban J connectivity index is 1.31. The molecule has 0 saturated carbocycles. The molecule has 3 aromatic carbocycles. The van der Waals surface area contributed by atoms with Crippen LogP contribution in [0.15, 0.2) is 91.0 Å². The third-order valence-corrected chi connectivity index (χ3v) is 6.95. The van der Waals surface area contributed by atoms with Crippen molar-refractivity contribution in [3.05, 3.63) is 108 Å². The topological polar surface area (TPSA) is 60.7 Å². The molecular formula is C34H39NO4. The van der Waals surface area contributed by atoms with Crippen molar-refractivity contribution in [2.45, 2.75) is 65.0 Å². The van der Waals surface area contributed by atoms with Crippen LogP contribution >= 0.6 is 0 Å². The predicted molar refractivity (Wildman–Crippen MR) is 157 cm³/mol. The second-order valence-electron chi connectivity index (χ2n) is 9.97. The molecule has 204 valence electrons. The van der Waals surface area contributed by atoms with E-state index in [1.165, 1.54) is 30.5 Å². The molecule has 0 aliphatic carbocycles. The highest BCUT2D eigenvalue weighted by molar-refractivity contribution is 5.73. The van der Waals surface area contributed by atoms with Gasteiger partial charge in [0.05, 0.1) is 6.61 Å². The quantitative estimate of drug-likeness (QED) is 0.161. The fourth-order valence-electron chi connectivity index (χ4n) is 4.74. The molecule has 4 aromatic rings. The summed E-state index contributed by atoms with van der Waals surface area (Å²) in [6.45, 7) is 5.84. The fourth-order valence-corrected chi connectivity index (χ4v) is 4.74. The zero-order valence-corrected chi connectivity index (χ0v) is 23.0. The molecule has 1 atom stereocenters. The molecule has 1 heterocycles. The molecule has 4 rings (SSSR count). The maximum atomic E-state index is 11.8. The first kappa shape index (κ1) is 28.0. The lowest BCUT2D eigenvalue weighted by atomic mass is 10.1. The molecule has 39 heavy (non-hydrogen) atoms. The van der Waals surface area contributed by atoms with Crippen molar-refractivity contribution in [1.29, 1.82) is 0 Å². The van der Waals surface area contributed by atoms with E-state index in [4.69, 9.17) is 9.47 Å². The van der Waals surface area contributed by atoms with Crippen molar-refractivity contribution in [2.75, 3.05) is 6.61 Å². The third kappa shape index (κ3) is 8.25. The molecule has 0 saturated heterocycles. The summed E-state index contributed by atoms with van der Waals surface area (Å²) in [5, 5.41) is 9.66. The molecule has 0 aliphatic heterocycles. The van der Waals surface area contributed by atoms with Crippen LogP contribution in [0.1, 0.15) is 49.4 Å². The van der Waals surface area contributed by atoms with Crippen molar-refractivity contribution < 1.29 is 19.4 Å². The van der Waals surface area contributed by atoms with Crippen LogP contribution in [0.3, 0.4) is 0 Å². The molecule has 5 heteroatoms. The summed E-state index contributed by atoms with van der Waals surface area (Å²) < 4.78 is 14.1. The van der Waals surface area contributed by atoms with E-state index < -0.39 is 12.1 Å². The van der Waals surface area contributed by atoms with Gasteiger partial charge in [-0.1, -0.05) is 62.2 Å². The van der Waals surface area contributed by atoms with Gasteiger partial charge in [0.1, 0.15) is 11.5 Å². The first-order valence-corrected chi connectivity index (χ1v) is 13.9. The van der Waals surface area contributed by atoms with Crippen LogP contribution in [0.5, 0.6) is 11.5 Å². The highest BCUT2D eigenvalue weighted by Crippen LogP contribution is 2.26. The summed E-state index contributed by atoms with van der Waals surface area (Å²) in [5.41, 5.74) is 5.67. The molecular weight excluding hydrogens is 486 g/mol. The zero-order chi connectivity index (χ0) is 27.5. The van der Waals surface area contributed by atoms with Crippen LogP contribution in [-0.4, -0.2) is 28.4 Å². The lowest BCUT2D eigenvalue weighted by Crippen LogP contribution is -2.29. The van der Waals surface area contributed by atoms with Gasteiger partial charge in [0.2, 0.25) is 0 Å². The van der Waals surface area contributed by atoms with Crippen molar-refractivity contribution in [3.63, 3.8) is 0 Å². The van der Waals surface area contributed by atoms with Gasteiger partial charge in [-0.25, -0.2) is 4.79 Å². The normalized spacial score (nSPS) is 11.7. The minimum atomic E-state index is -0.974. The summed E-state index contributed by atoms with van der Waals surface area (Å²) in [6.07, 6.45) is 5.14.